The lowest BCUT2D eigenvalue weighted by Gasteiger charge is -2.61. The van der Waals surface area contributed by atoms with Gasteiger partial charge in [-0.1, -0.05) is 40.2 Å². The van der Waals surface area contributed by atoms with E-state index in [4.69, 9.17) is 4.99 Å². The average Bonchev–Trinajstić information content (AvgIpc) is 2.32. The van der Waals surface area contributed by atoms with Gasteiger partial charge in [0.1, 0.15) is 0 Å². The molecule has 0 amide bonds. The third kappa shape index (κ3) is 1.69. The molecule has 106 valence electrons. The molecule has 0 radical (unpaired) electrons. The Labute approximate surface area is 118 Å². The first kappa shape index (κ1) is 13.4. The molecule has 3 rings (SSSR count). The van der Waals surface area contributed by atoms with Crippen LogP contribution in [0.3, 0.4) is 0 Å². The van der Waals surface area contributed by atoms with Crippen molar-refractivity contribution in [1.82, 2.24) is 0 Å². The Morgan fingerprint density at radius 3 is 2.58 bits per heavy atom. The van der Waals surface area contributed by atoms with E-state index < -0.39 is 0 Å². The van der Waals surface area contributed by atoms with Gasteiger partial charge in [-0.2, -0.15) is 0 Å². The predicted molar refractivity (Wildman–Crippen MR) is 82.5 cm³/mol. The molecular weight excluding hydrogens is 230 g/mol. The van der Waals surface area contributed by atoms with Crippen LogP contribution >= 0.6 is 0 Å². The number of aliphatic imine (C=N–C) groups is 1. The quantitative estimate of drug-likeness (QED) is 0.588. The van der Waals surface area contributed by atoms with Crippen LogP contribution in [-0.4, -0.2) is 11.8 Å². The van der Waals surface area contributed by atoms with E-state index in [1.54, 1.807) is 5.57 Å². The van der Waals surface area contributed by atoms with E-state index in [1.807, 2.05) is 0 Å². The summed E-state index contributed by atoms with van der Waals surface area (Å²) in [7, 11) is 0. The van der Waals surface area contributed by atoms with Crippen LogP contribution < -0.4 is 0 Å². The van der Waals surface area contributed by atoms with Gasteiger partial charge < -0.3 is 0 Å². The second-order valence-corrected chi connectivity index (χ2v) is 8.25. The van der Waals surface area contributed by atoms with Gasteiger partial charge in [-0.15, -0.1) is 0 Å². The SMILES string of the molecule is CC1=NC2CCC(C)(C)C3C[C@H](C)C(C)C(=C1)[C@@]23C. The Morgan fingerprint density at radius 2 is 1.89 bits per heavy atom. The molecule has 0 aromatic rings. The van der Waals surface area contributed by atoms with E-state index in [-0.39, 0.29) is 0 Å². The molecule has 1 aliphatic heterocycles. The van der Waals surface area contributed by atoms with Crippen molar-refractivity contribution in [2.45, 2.75) is 66.8 Å². The van der Waals surface area contributed by atoms with Crippen LogP contribution in [0.4, 0.5) is 0 Å². The van der Waals surface area contributed by atoms with Crippen LogP contribution in [0, 0.1) is 28.6 Å². The summed E-state index contributed by atoms with van der Waals surface area (Å²) >= 11 is 0. The lowest BCUT2D eigenvalue weighted by atomic mass is 9.45. The van der Waals surface area contributed by atoms with Gasteiger partial charge in [0.05, 0.1) is 6.04 Å². The van der Waals surface area contributed by atoms with Crippen LogP contribution in [0.15, 0.2) is 16.6 Å². The molecule has 3 aliphatic rings. The largest absolute Gasteiger partial charge is 0.286 e. The van der Waals surface area contributed by atoms with Gasteiger partial charge in [-0.05, 0) is 55.4 Å². The molecule has 2 fully saturated rings. The van der Waals surface area contributed by atoms with Crippen molar-refractivity contribution in [2.75, 3.05) is 0 Å². The normalized spacial score (nSPS) is 48.1. The minimum Gasteiger partial charge on any atom is -0.286 e. The Kier molecular flexibility index (Phi) is 2.79. The van der Waals surface area contributed by atoms with Crippen LogP contribution in [0.25, 0.3) is 0 Å². The minimum atomic E-state index is 0.327. The van der Waals surface area contributed by atoms with Gasteiger partial charge in [-0.25, -0.2) is 0 Å². The van der Waals surface area contributed by atoms with Crippen molar-refractivity contribution in [3.05, 3.63) is 11.6 Å². The molecule has 0 spiro atoms. The van der Waals surface area contributed by atoms with Crippen molar-refractivity contribution in [1.29, 1.82) is 0 Å². The lowest BCUT2D eigenvalue weighted by molar-refractivity contribution is -0.0382. The first-order valence-corrected chi connectivity index (χ1v) is 8.03. The number of allylic oxidation sites excluding steroid dienone is 1. The second kappa shape index (κ2) is 3.96. The topological polar surface area (TPSA) is 12.4 Å². The fourth-order valence-electron chi connectivity index (χ4n) is 5.35. The van der Waals surface area contributed by atoms with Crippen molar-refractivity contribution < 1.29 is 0 Å². The maximum absolute atomic E-state index is 5.02. The zero-order valence-electron chi connectivity index (χ0n) is 13.5. The van der Waals surface area contributed by atoms with E-state index in [0.29, 0.717) is 16.9 Å². The van der Waals surface area contributed by atoms with Crippen molar-refractivity contribution in [3.63, 3.8) is 0 Å². The number of rotatable bonds is 0. The first-order chi connectivity index (χ1) is 8.76. The molecule has 0 bridgehead atoms. The van der Waals surface area contributed by atoms with Crippen LogP contribution in [0.5, 0.6) is 0 Å². The molecule has 0 aromatic heterocycles. The highest BCUT2D eigenvalue weighted by molar-refractivity contribution is 5.94. The van der Waals surface area contributed by atoms with Crippen molar-refractivity contribution >= 4 is 5.71 Å². The van der Waals surface area contributed by atoms with Gasteiger partial charge in [0.15, 0.2) is 0 Å². The highest BCUT2D eigenvalue weighted by Crippen LogP contribution is 2.63. The van der Waals surface area contributed by atoms with Gasteiger partial charge in [0.2, 0.25) is 0 Å². The molecule has 2 aliphatic carbocycles. The fraction of sp³-hybridized carbons (Fsp3) is 0.833. The van der Waals surface area contributed by atoms with Crippen molar-refractivity contribution in [3.8, 4) is 0 Å². The van der Waals surface area contributed by atoms with Gasteiger partial charge >= 0.3 is 0 Å². The molecule has 1 heteroatoms. The predicted octanol–water partition coefficient (Wildman–Crippen LogP) is 4.87. The average molecular weight is 259 g/mol. The fourth-order valence-corrected chi connectivity index (χ4v) is 5.35. The number of dihydropyridines is 1. The summed E-state index contributed by atoms with van der Waals surface area (Å²) in [5, 5.41) is 0. The third-order valence-electron chi connectivity index (χ3n) is 6.72. The first-order valence-electron chi connectivity index (χ1n) is 8.03. The highest BCUT2D eigenvalue weighted by atomic mass is 14.9. The van der Waals surface area contributed by atoms with Crippen LogP contribution in [0.2, 0.25) is 0 Å². The maximum atomic E-state index is 5.02. The molecule has 2 saturated carbocycles. The highest BCUT2D eigenvalue weighted by Gasteiger charge is 2.58. The zero-order valence-corrected chi connectivity index (χ0v) is 13.5. The van der Waals surface area contributed by atoms with Gasteiger partial charge in [-0.3, -0.25) is 4.99 Å². The summed E-state index contributed by atoms with van der Waals surface area (Å²) in [5.74, 6) is 2.34. The molecule has 0 aromatic carbocycles. The molecule has 1 nitrogen and oxygen atoms in total. The summed E-state index contributed by atoms with van der Waals surface area (Å²) in [4.78, 5) is 5.02. The second-order valence-electron chi connectivity index (χ2n) is 8.25. The van der Waals surface area contributed by atoms with Crippen molar-refractivity contribution in [2.24, 2.45) is 33.6 Å². The molecule has 0 saturated heterocycles. The molecule has 0 N–H and O–H groups in total. The van der Waals surface area contributed by atoms with Crippen LogP contribution in [-0.2, 0) is 0 Å². The minimum absolute atomic E-state index is 0.327. The van der Waals surface area contributed by atoms with Gasteiger partial charge in [0, 0.05) is 11.1 Å². The van der Waals surface area contributed by atoms with E-state index in [1.165, 1.54) is 25.0 Å². The monoisotopic (exact) mass is 259 g/mol. The van der Waals surface area contributed by atoms with E-state index in [9.17, 15) is 0 Å². The Morgan fingerprint density at radius 1 is 1.21 bits per heavy atom. The summed E-state index contributed by atoms with van der Waals surface area (Å²) in [6.07, 6.45) is 6.41. The van der Waals surface area contributed by atoms with Gasteiger partial charge in [0.25, 0.3) is 0 Å². The Bertz CT molecular complexity index is 456. The number of hydrogen-bond acceptors (Lipinski definition) is 1. The summed E-state index contributed by atoms with van der Waals surface area (Å²) in [6, 6.07) is 0.542. The smallest absolute Gasteiger partial charge is 0.0596 e. The van der Waals surface area contributed by atoms with E-state index >= 15 is 0 Å². The Balaban J connectivity index is 2.14. The zero-order chi connectivity index (χ0) is 14.0. The summed E-state index contributed by atoms with van der Waals surface area (Å²) in [5.41, 5.74) is 3.77. The molecule has 19 heavy (non-hydrogen) atoms. The number of hydrogen-bond donors (Lipinski definition) is 0. The third-order valence-corrected chi connectivity index (χ3v) is 6.72. The maximum Gasteiger partial charge on any atom is 0.0596 e. The van der Waals surface area contributed by atoms with E-state index in [2.05, 4.69) is 47.6 Å². The van der Waals surface area contributed by atoms with E-state index in [0.717, 1.165) is 17.8 Å². The molecule has 3 unspecified atom stereocenters. The standard InChI is InChI=1S/C18H29N/c1-11-9-15-17(4,5)8-7-16-18(15,6)14(13(11)3)10-12(2)19-16/h10-11,13,15-16H,7-9H2,1-6H3/t11-,13?,15?,16?,18+/m0/s1. The molecule has 1 heterocycles. The molecular formula is C18H29N. The summed E-state index contributed by atoms with van der Waals surface area (Å²) < 4.78 is 0. The molecule has 5 atom stereocenters. The van der Waals surface area contributed by atoms with Crippen LogP contribution in [0.1, 0.15) is 60.8 Å². The summed E-state index contributed by atoms with van der Waals surface area (Å²) in [6.45, 7) is 14.6. The Hall–Kier alpha value is -0.590. The lowest BCUT2D eigenvalue weighted by Crippen LogP contribution is -2.56. The number of nitrogens with zero attached hydrogens (tertiary/aromatic N) is 1.